The van der Waals surface area contributed by atoms with E-state index in [1.807, 2.05) is 31.2 Å². The summed E-state index contributed by atoms with van der Waals surface area (Å²) in [5.74, 6) is -0.0254. The van der Waals surface area contributed by atoms with Crippen LogP contribution in [-0.4, -0.2) is 23.3 Å². The second-order valence-corrected chi connectivity index (χ2v) is 5.00. The fourth-order valence-corrected chi connectivity index (χ4v) is 1.89. The number of aryl methyl sites for hydroxylation is 1. The van der Waals surface area contributed by atoms with Crippen molar-refractivity contribution in [3.63, 3.8) is 0 Å². The molecule has 0 saturated heterocycles. The summed E-state index contributed by atoms with van der Waals surface area (Å²) < 4.78 is 0. The third-order valence-electron chi connectivity index (χ3n) is 3.10. The SMILES string of the molecule is C/C(=N/NC(=O)CNc1cccc(C)c1)c1ccc(O)cc1. The van der Waals surface area contributed by atoms with E-state index in [4.69, 9.17) is 0 Å². The van der Waals surface area contributed by atoms with Crippen molar-refractivity contribution in [2.24, 2.45) is 5.10 Å². The first-order valence-electron chi connectivity index (χ1n) is 6.97. The van der Waals surface area contributed by atoms with Gasteiger partial charge in [0, 0.05) is 5.69 Å². The number of rotatable bonds is 5. The van der Waals surface area contributed by atoms with E-state index >= 15 is 0 Å². The van der Waals surface area contributed by atoms with Crippen LogP contribution in [0.3, 0.4) is 0 Å². The predicted octanol–water partition coefficient (Wildman–Crippen LogP) is 2.65. The van der Waals surface area contributed by atoms with Gasteiger partial charge in [0.1, 0.15) is 5.75 Å². The number of nitrogens with zero attached hydrogens (tertiary/aromatic N) is 1. The molecule has 0 fully saturated rings. The fraction of sp³-hybridized carbons (Fsp3) is 0.176. The van der Waals surface area contributed by atoms with Gasteiger partial charge in [-0.05, 0) is 61.4 Å². The Kier molecular flexibility index (Phi) is 5.14. The van der Waals surface area contributed by atoms with Crippen molar-refractivity contribution < 1.29 is 9.90 Å². The van der Waals surface area contributed by atoms with Crippen molar-refractivity contribution in [1.82, 2.24) is 5.43 Å². The molecule has 0 radical (unpaired) electrons. The van der Waals surface area contributed by atoms with E-state index in [9.17, 15) is 9.90 Å². The van der Waals surface area contributed by atoms with Crippen LogP contribution >= 0.6 is 0 Å². The highest BCUT2D eigenvalue weighted by atomic mass is 16.3. The summed E-state index contributed by atoms with van der Waals surface area (Å²) in [6, 6.07) is 14.4. The number of benzene rings is 2. The van der Waals surface area contributed by atoms with Gasteiger partial charge in [0.25, 0.3) is 5.91 Å². The first-order valence-corrected chi connectivity index (χ1v) is 6.97. The zero-order valence-corrected chi connectivity index (χ0v) is 12.6. The quantitative estimate of drug-likeness (QED) is 0.587. The topological polar surface area (TPSA) is 73.7 Å². The minimum atomic E-state index is -0.223. The van der Waals surface area contributed by atoms with E-state index in [2.05, 4.69) is 15.8 Å². The van der Waals surface area contributed by atoms with Crippen molar-refractivity contribution in [2.75, 3.05) is 11.9 Å². The normalized spacial score (nSPS) is 11.1. The van der Waals surface area contributed by atoms with Crippen LogP contribution in [0.4, 0.5) is 5.69 Å². The van der Waals surface area contributed by atoms with Crippen molar-refractivity contribution in [3.05, 3.63) is 59.7 Å². The fourth-order valence-electron chi connectivity index (χ4n) is 1.89. The van der Waals surface area contributed by atoms with Crippen LogP contribution in [-0.2, 0) is 4.79 Å². The molecule has 2 rings (SSSR count). The molecule has 0 aliphatic carbocycles. The van der Waals surface area contributed by atoms with E-state index in [1.54, 1.807) is 31.2 Å². The highest BCUT2D eigenvalue weighted by Gasteiger charge is 2.02. The standard InChI is InChI=1S/C17H19N3O2/c1-12-4-3-5-15(10-12)18-11-17(22)20-19-13(2)14-6-8-16(21)9-7-14/h3-10,18,21H,11H2,1-2H3,(H,20,22)/b19-13-. The molecule has 0 unspecified atom stereocenters. The van der Waals surface area contributed by atoms with Crippen molar-refractivity contribution in [3.8, 4) is 5.75 Å². The maximum Gasteiger partial charge on any atom is 0.259 e. The molecular weight excluding hydrogens is 278 g/mol. The van der Waals surface area contributed by atoms with Crippen LogP contribution in [0.1, 0.15) is 18.1 Å². The van der Waals surface area contributed by atoms with E-state index in [-0.39, 0.29) is 18.2 Å². The number of carbonyl (C=O) groups is 1. The molecule has 0 aromatic heterocycles. The number of carbonyl (C=O) groups excluding carboxylic acids is 1. The highest BCUT2D eigenvalue weighted by molar-refractivity contribution is 5.99. The summed E-state index contributed by atoms with van der Waals surface area (Å²) in [7, 11) is 0. The third kappa shape index (κ3) is 4.63. The summed E-state index contributed by atoms with van der Waals surface area (Å²) in [6.07, 6.45) is 0. The molecule has 0 aliphatic rings. The van der Waals surface area contributed by atoms with Gasteiger partial charge in [-0.25, -0.2) is 5.43 Å². The molecule has 0 aliphatic heterocycles. The molecule has 0 heterocycles. The maximum atomic E-state index is 11.8. The Bertz CT molecular complexity index is 679. The Morgan fingerprint density at radius 3 is 2.59 bits per heavy atom. The average Bonchev–Trinajstić information content (AvgIpc) is 2.51. The van der Waals surface area contributed by atoms with Crippen LogP contribution in [0, 0.1) is 6.92 Å². The van der Waals surface area contributed by atoms with Gasteiger partial charge in [0.05, 0.1) is 12.3 Å². The number of nitrogens with one attached hydrogen (secondary N) is 2. The van der Waals surface area contributed by atoms with E-state index < -0.39 is 0 Å². The molecule has 5 nitrogen and oxygen atoms in total. The second kappa shape index (κ2) is 7.26. The Balaban J connectivity index is 1.86. The van der Waals surface area contributed by atoms with Crippen LogP contribution in [0.5, 0.6) is 5.75 Å². The number of hydrazone groups is 1. The van der Waals surface area contributed by atoms with Gasteiger partial charge >= 0.3 is 0 Å². The zero-order valence-electron chi connectivity index (χ0n) is 12.6. The summed E-state index contributed by atoms with van der Waals surface area (Å²) >= 11 is 0. The Hall–Kier alpha value is -2.82. The molecule has 0 saturated carbocycles. The van der Waals surface area contributed by atoms with E-state index in [0.717, 1.165) is 16.8 Å². The maximum absolute atomic E-state index is 11.8. The number of hydrogen-bond acceptors (Lipinski definition) is 4. The summed E-state index contributed by atoms with van der Waals surface area (Å²) in [4.78, 5) is 11.8. The lowest BCUT2D eigenvalue weighted by molar-refractivity contribution is -0.119. The van der Waals surface area contributed by atoms with E-state index in [0.29, 0.717) is 5.71 Å². The lowest BCUT2D eigenvalue weighted by atomic mass is 10.1. The smallest absolute Gasteiger partial charge is 0.259 e. The molecule has 2 aromatic carbocycles. The first-order chi connectivity index (χ1) is 10.5. The molecule has 22 heavy (non-hydrogen) atoms. The molecule has 0 bridgehead atoms. The van der Waals surface area contributed by atoms with Crippen LogP contribution in [0.2, 0.25) is 0 Å². The number of hydrogen-bond donors (Lipinski definition) is 3. The third-order valence-corrected chi connectivity index (χ3v) is 3.10. The summed E-state index contributed by atoms with van der Waals surface area (Å²) in [5.41, 5.74) is 6.04. The monoisotopic (exact) mass is 297 g/mol. The number of phenols is 1. The second-order valence-electron chi connectivity index (χ2n) is 5.00. The van der Waals surface area contributed by atoms with Crippen LogP contribution < -0.4 is 10.7 Å². The molecule has 114 valence electrons. The molecular formula is C17H19N3O2. The number of aromatic hydroxyl groups is 1. The first kappa shape index (κ1) is 15.6. The minimum absolute atomic E-state index is 0.149. The predicted molar refractivity (Wildman–Crippen MR) is 88.1 cm³/mol. The summed E-state index contributed by atoms with van der Waals surface area (Å²) in [6.45, 7) is 3.94. The van der Waals surface area contributed by atoms with E-state index in [1.165, 1.54) is 0 Å². The van der Waals surface area contributed by atoms with Crippen LogP contribution in [0.25, 0.3) is 0 Å². The Morgan fingerprint density at radius 1 is 1.18 bits per heavy atom. The van der Waals surface area contributed by atoms with Gasteiger partial charge in [-0.15, -0.1) is 0 Å². The van der Waals surface area contributed by atoms with Gasteiger partial charge in [-0.3, -0.25) is 4.79 Å². The largest absolute Gasteiger partial charge is 0.508 e. The van der Waals surface area contributed by atoms with Gasteiger partial charge in [0.15, 0.2) is 0 Å². The van der Waals surface area contributed by atoms with Gasteiger partial charge < -0.3 is 10.4 Å². The molecule has 0 atom stereocenters. The van der Waals surface area contributed by atoms with Crippen molar-refractivity contribution >= 4 is 17.3 Å². The van der Waals surface area contributed by atoms with Gasteiger partial charge in [-0.1, -0.05) is 12.1 Å². The zero-order chi connectivity index (χ0) is 15.9. The number of amides is 1. The summed E-state index contributed by atoms with van der Waals surface area (Å²) in [5, 5.41) is 16.3. The lowest BCUT2D eigenvalue weighted by Crippen LogP contribution is -2.26. The minimum Gasteiger partial charge on any atom is -0.508 e. The van der Waals surface area contributed by atoms with Gasteiger partial charge in [-0.2, -0.15) is 5.10 Å². The molecule has 3 N–H and O–H groups in total. The average molecular weight is 297 g/mol. The van der Waals surface area contributed by atoms with Gasteiger partial charge in [0.2, 0.25) is 0 Å². The highest BCUT2D eigenvalue weighted by Crippen LogP contribution is 2.10. The van der Waals surface area contributed by atoms with Crippen molar-refractivity contribution in [2.45, 2.75) is 13.8 Å². The molecule has 5 heteroatoms. The van der Waals surface area contributed by atoms with Crippen LogP contribution in [0.15, 0.2) is 53.6 Å². The van der Waals surface area contributed by atoms with Crippen molar-refractivity contribution in [1.29, 1.82) is 0 Å². The number of phenolic OH excluding ortho intramolecular Hbond substituents is 1. The molecule has 1 amide bonds. The Labute approximate surface area is 129 Å². The molecule has 0 spiro atoms. The lowest BCUT2D eigenvalue weighted by Gasteiger charge is -2.07. The Morgan fingerprint density at radius 2 is 1.91 bits per heavy atom. The molecule has 2 aromatic rings. The number of anilines is 1.